The summed E-state index contributed by atoms with van der Waals surface area (Å²) in [4.78, 5) is 30.5. The van der Waals surface area contributed by atoms with Gasteiger partial charge in [-0.3, -0.25) is 4.79 Å². The van der Waals surface area contributed by atoms with E-state index in [0.29, 0.717) is 22.0 Å². The Kier molecular flexibility index (Phi) is 4.44. The highest BCUT2D eigenvalue weighted by atomic mass is 32.2. The third-order valence-corrected chi connectivity index (χ3v) is 4.41. The van der Waals surface area contributed by atoms with Crippen LogP contribution in [0.4, 0.5) is 0 Å². The number of para-hydroxylation sites is 1. The van der Waals surface area contributed by atoms with Gasteiger partial charge in [0.25, 0.3) is 5.91 Å². The Bertz CT molecular complexity index is 928. The number of carbonyl (C=O) groups is 1. The summed E-state index contributed by atoms with van der Waals surface area (Å²) in [7, 11) is 0. The van der Waals surface area contributed by atoms with Crippen molar-refractivity contribution in [2.24, 2.45) is 0 Å². The SMILES string of the molecule is CSc1nc(=O)[nH]c(C)c1C(=O)NC(C)c1cc2ccccc2o1. The van der Waals surface area contributed by atoms with Crippen molar-refractivity contribution in [2.75, 3.05) is 6.26 Å². The Morgan fingerprint density at radius 3 is 2.83 bits per heavy atom. The summed E-state index contributed by atoms with van der Waals surface area (Å²) in [6, 6.07) is 9.27. The molecule has 1 aromatic carbocycles. The zero-order valence-electron chi connectivity index (χ0n) is 13.5. The number of aromatic amines is 1. The van der Waals surface area contributed by atoms with E-state index >= 15 is 0 Å². The third-order valence-electron chi connectivity index (χ3n) is 3.73. The van der Waals surface area contributed by atoms with E-state index in [1.807, 2.05) is 37.3 Å². The molecule has 0 saturated carbocycles. The number of rotatable bonds is 4. The van der Waals surface area contributed by atoms with Gasteiger partial charge in [-0.05, 0) is 32.2 Å². The van der Waals surface area contributed by atoms with E-state index in [0.717, 1.165) is 11.0 Å². The number of hydrogen-bond acceptors (Lipinski definition) is 5. The number of nitrogens with zero attached hydrogens (tertiary/aromatic N) is 1. The normalized spacial score (nSPS) is 12.3. The lowest BCUT2D eigenvalue weighted by atomic mass is 10.2. The van der Waals surface area contributed by atoms with Crippen LogP contribution in [0.2, 0.25) is 0 Å². The number of carbonyl (C=O) groups excluding carboxylic acids is 1. The van der Waals surface area contributed by atoms with Crippen LogP contribution in [0, 0.1) is 6.92 Å². The Labute approximate surface area is 142 Å². The predicted molar refractivity (Wildman–Crippen MR) is 93.5 cm³/mol. The van der Waals surface area contributed by atoms with Crippen LogP contribution in [-0.4, -0.2) is 22.1 Å². The fourth-order valence-corrected chi connectivity index (χ4v) is 3.15. The molecule has 24 heavy (non-hydrogen) atoms. The highest BCUT2D eigenvalue weighted by molar-refractivity contribution is 7.98. The fraction of sp³-hybridized carbons (Fsp3) is 0.235. The number of benzene rings is 1. The minimum absolute atomic E-state index is 0.298. The van der Waals surface area contributed by atoms with Crippen LogP contribution in [0.1, 0.15) is 34.8 Å². The molecule has 1 unspecified atom stereocenters. The molecule has 0 aliphatic rings. The fourth-order valence-electron chi connectivity index (χ4n) is 2.53. The zero-order chi connectivity index (χ0) is 17.3. The molecule has 0 spiro atoms. The Morgan fingerprint density at radius 2 is 2.12 bits per heavy atom. The van der Waals surface area contributed by atoms with Crippen LogP contribution >= 0.6 is 11.8 Å². The lowest BCUT2D eigenvalue weighted by Gasteiger charge is -2.14. The molecule has 0 aliphatic heterocycles. The van der Waals surface area contributed by atoms with E-state index in [2.05, 4.69) is 15.3 Å². The first kappa shape index (κ1) is 16.3. The van der Waals surface area contributed by atoms with E-state index in [9.17, 15) is 9.59 Å². The maximum absolute atomic E-state index is 12.6. The van der Waals surface area contributed by atoms with Crippen LogP contribution in [0.5, 0.6) is 0 Å². The molecule has 7 heteroatoms. The van der Waals surface area contributed by atoms with Crippen LogP contribution in [-0.2, 0) is 0 Å². The van der Waals surface area contributed by atoms with Gasteiger partial charge >= 0.3 is 5.69 Å². The number of thioether (sulfide) groups is 1. The molecule has 1 atom stereocenters. The zero-order valence-corrected chi connectivity index (χ0v) is 14.4. The molecule has 2 heterocycles. The van der Waals surface area contributed by atoms with Crippen molar-refractivity contribution in [2.45, 2.75) is 24.9 Å². The second-order valence-electron chi connectivity index (χ2n) is 5.43. The molecule has 0 radical (unpaired) electrons. The average molecular weight is 343 g/mol. The Balaban J connectivity index is 1.88. The topological polar surface area (TPSA) is 88.0 Å². The Morgan fingerprint density at radius 1 is 1.38 bits per heavy atom. The van der Waals surface area contributed by atoms with Gasteiger partial charge in [0.05, 0.1) is 11.6 Å². The summed E-state index contributed by atoms with van der Waals surface area (Å²) in [5.41, 5.74) is 1.19. The third kappa shape index (κ3) is 3.07. The molecule has 6 nitrogen and oxygen atoms in total. The van der Waals surface area contributed by atoms with Gasteiger partial charge in [0.15, 0.2) is 0 Å². The molecular weight excluding hydrogens is 326 g/mol. The highest BCUT2D eigenvalue weighted by Crippen LogP contribution is 2.24. The number of fused-ring (bicyclic) bond motifs is 1. The van der Waals surface area contributed by atoms with Gasteiger partial charge in [-0.2, -0.15) is 4.98 Å². The number of H-pyrrole nitrogens is 1. The van der Waals surface area contributed by atoms with Crippen molar-refractivity contribution in [1.29, 1.82) is 0 Å². The second-order valence-corrected chi connectivity index (χ2v) is 6.23. The lowest BCUT2D eigenvalue weighted by molar-refractivity contribution is 0.0930. The smallest absolute Gasteiger partial charge is 0.346 e. The minimum atomic E-state index is -0.460. The monoisotopic (exact) mass is 343 g/mol. The average Bonchev–Trinajstić information content (AvgIpc) is 2.98. The molecule has 0 saturated heterocycles. The molecular formula is C17H17N3O3S. The number of nitrogens with one attached hydrogen (secondary N) is 2. The number of furan rings is 1. The van der Waals surface area contributed by atoms with Crippen molar-refractivity contribution in [3.05, 3.63) is 57.8 Å². The van der Waals surface area contributed by atoms with Gasteiger partial charge in [-0.1, -0.05) is 18.2 Å². The van der Waals surface area contributed by atoms with Crippen LogP contribution in [0.3, 0.4) is 0 Å². The largest absolute Gasteiger partial charge is 0.459 e. The number of hydrogen-bond donors (Lipinski definition) is 2. The van der Waals surface area contributed by atoms with Crippen molar-refractivity contribution in [3.8, 4) is 0 Å². The first-order valence-electron chi connectivity index (χ1n) is 7.44. The molecule has 0 fully saturated rings. The van der Waals surface area contributed by atoms with Gasteiger partial charge in [-0.25, -0.2) is 4.79 Å². The van der Waals surface area contributed by atoms with Crippen molar-refractivity contribution >= 4 is 28.6 Å². The first-order chi connectivity index (χ1) is 11.5. The molecule has 2 N–H and O–H groups in total. The number of aromatic nitrogens is 2. The quantitative estimate of drug-likeness (QED) is 0.561. The van der Waals surface area contributed by atoms with Gasteiger partial charge in [-0.15, -0.1) is 11.8 Å². The first-order valence-corrected chi connectivity index (χ1v) is 8.66. The van der Waals surface area contributed by atoms with Crippen LogP contribution in [0.25, 0.3) is 11.0 Å². The van der Waals surface area contributed by atoms with Crippen molar-refractivity contribution < 1.29 is 9.21 Å². The molecule has 124 valence electrons. The van der Waals surface area contributed by atoms with Gasteiger partial charge in [0.1, 0.15) is 16.4 Å². The molecule has 0 bridgehead atoms. The van der Waals surface area contributed by atoms with Gasteiger partial charge in [0, 0.05) is 11.1 Å². The number of amides is 1. The maximum atomic E-state index is 12.6. The Hall–Kier alpha value is -2.54. The predicted octanol–water partition coefficient (Wildman–Crippen LogP) is 3.04. The van der Waals surface area contributed by atoms with Crippen molar-refractivity contribution in [1.82, 2.24) is 15.3 Å². The summed E-state index contributed by atoms with van der Waals surface area (Å²) in [5, 5.41) is 4.29. The van der Waals surface area contributed by atoms with E-state index < -0.39 is 5.69 Å². The molecule has 0 aliphatic carbocycles. The van der Waals surface area contributed by atoms with Gasteiger partial charge in [0.2, 0.25) is 0 Å². The molecule has 1 amide bonds. The van der Waals surface area contributed by atoms with Gasteiger partial charge < -0.3 is 14.7 Å². The molecule has 3 rings (SSSR count). The summed E-state index contributed by atoms with van der Waals surface area (Å²) in [5.74, 6) is 0.374. The summed E-state index contributed by atoms with van der Waals surface area (Å²) < 4.78 is 5.78. The second kappa shape index (κ2) is 6.52. The van der Waals surface area contributed by atoms with Crippen molar-refractivity contribution in [3.63, 3.8) is 0 Å². The number of aryl methyl sites for hydroxylation is 1. The van der Waals surface area contributed by atoms with E-state index in [4.69, 9.17) is 4.42 Å². The maximum Gasteiger partial charge on any atom is 0.346 e. The van der Waals surface area contributed by atoms with Crippen LogP contribution in [0.15, 0.2) is 44.6 Å². The summed E-state index contributed by atoms with van der Waals surface area (Å²) in [6.45, 7) is 3.53. The standard InChI is InChI=1S/C17H17N3O3S/c1-9(13-8-11-6-4-5-7-12(11)23-13)18-15(21)14-10(2)19-17(22)20-16(14)24-3/h4-9H,1-3H3,(H,18,21)(H,19,20,22). The summed E-state index contributed by atoms with van der Waals surface area (Å²) >= 11 is 1.26. The van der Waals surface area contributed by atoms with E-state index in [-0.39, 0.29) is 11.9 Å². The van der Waals surface area contributed by atoms with E-state index in [1.54, 1.807) is 13.2 Å². The van der Waals surface area contributed by atoms with E-state index in [1.165, 1.54) is 11.8 Å². The minimum Gasteiger partial charge on any atom is -0.459 e. The summed E-state index contributed by atoms with van der Waals surface area (Å²) in [6.07, 6.45) is 1.78. The lowest BCUT2D eigenvalue weighted by Crippen LogP contribution is -2.29. The van der Waals surface area contributed by atoms with Crippen LogP contribution < -0.4 is 11.0 Å². The molecule has 2 aromatic heterocycles. The highest BCUT2D eigenvalue weighted by Gasteiger charge is 2.20. The molecule has 3 aromatic rings.